The Morgan fingerprint density at radius 3 is 2.26 bits per heavy atom. The van der Waals surface area contributed by atoms with Crippen LogP contribution in [0.25, 0.3) is 16.8 Å². The standard InChI is InChI=1S/C19H14F3N3O2/c20-19(21,22)18(26)10-17(24-27-18)14-8-6-13(7-9-14)15-11-23-25(12-15)16-4-2-1-3-5-16/h1-9,11-12,26H,10H2. The molecule has 5 nitrogen and oxygen atoms in total. The summed E-state index contributed by atoms with van der Waals surface area (Å²) in [6, 6.07) is 16.4. The van der Waals surface area contributed by atoms with Gasteiger partial charge in [0.1, 0.15) is 0 Å². The molecule has 0 spiro atoms. The van der Waals surface area contributed by atoms with Crippen LogP contribution in [0.2, 0.25) is 0 Å². The number of rotatable bonds is 3. The van der Waals surface area contributed by atoms with Gasteiger partial charge >= 0.3 is 12.0 Å². The summed E-state index contributed by atoms with van der Waals surface area (Å²) in [5.74, 6) is -3.27. The summed E-state index contributed by atoms with van der Waals surface area (Å²) < 4.78 is 40.2. The quantitative estimate of drug-likeness (QED) is 0.757. The molecule has 1 aliphatic heterocycles. The van der Waals surface area contributed by atoms with Crippen LogP contribution in [0, 0.1) is 0 Å². The van der Waals surface area contributed by atoms with Gasteiger partial charge in [-0.3, -0.25) is 0 Å². The highest BCUT2D eigenvalue weighted by atomic mass is 19.4. The lowest BCUT2D eigenvalue weighted by molar-refractivity contribution is -0.355. The highest BCUT2D eigenvalue weighted by Crippen LogP contribution is 2.39. The van der Waals surface area contributed by atoms with Crippen molar-refractivity contribution in [3.05, 3.63) is 72.6 Å². The van der Waals surface area contributed by atoms with Crippen molar-refractivity contribution in [2.24, 2.45) is 5.16 Å². The molecule has 0 radical (unpaired) electrons. The molecule has 2 heterocycles. The van der Waals surface area contributed by atoms with Gasteiger partial charge in [-0.25, -0.2) is 4.68 Å². The fourth-order valence-corrected chi connectivity index (χ4v) is 2.78. The van der Waals surface area contributed by atoms with Gasteiger partial charge in [-0.1, -0.05) is 47.6 Å². The highest BCUT2D eigenvalue weighted by Gasteiger charge is 2.60. The lowest BCUT2D eigenvalue weighted by Crippen LogP contribution is -2.45. The lowest BCUT2D eigenvalue weighted by atomic mass is 10.00. The number of aliphatic hydroxyl groups is 1. The summed E-state index contributed by atoms with van der Waals surface area (Å²) in [5.41, 5.74) is 3.13. The van der Waals surface area contributed by atoms with Crippen LogP contribution >= 0.6 is 0 Å². The van der Waals surface area contributed by atoms with Gasteiger partial charge in [-0.05, 0) is 23.3 Å². The molecule has 138 valence electrons. The van der Waals surface area contributed by atoms with Crippen molar-refractivity contribution in [2.45, 2.75) is 18.4 Å². The first-order valence-electron chi connectivity index (χ1n) is 8.11. The molecule has 0 fully saturated rings. The van der Waals surface area contributed by atoms with E-state index in [1.54, 1.807) is 35.1 Å². The smallest absolute Gasteiger partial charge is 0.350 e. The van der Waals surface area contributed by atoms with Crippen LogP contribution in [-0.2, 0) is 4.84 Å². The Morgan fingerprint density at radius 1 is 0.963 bits per heavy atom. The van der Waals surface area contributed by atoms with E-state index >= 15 is 0 Å². The van der Waals surface area contributed by atoms with Gasteiger partial charge in [0.2, 0.25) is 0 Å². The largest absolute Gasteiger partial charge is 0.458 e. The summed E-state index contributed by atoms with van der Waals surface area (Å²) in [4.78, 5) is 4.24. The minimum absolute atomic E-state index is 0.0429. The van der Waals surface area contributed by atoms with Crippen molar-refractivity contribution in [2.75, 3.05) is 0 Å². The van der Waals surface area contributed by atoms with Crippen molar-refractivity contribution >= 4 is 5.71 Å². The Labute approximate surface area is 152 Å². The molecule has 0 bridgehead atoms. The zero-order valence-electron chi connectivity index (χ0n) is 13.9. The number of hydrogen-bond acceptors (Lipinski definition) is 4. The summed E-state index contributed by atoms with van der Waals surface area (Å²) in [7, 11) is 0. The van der Waals surface area contributed by atoms with Crippen molar-refractivity contribution in [3.8, 4) is 16.8 Å². The monoisotopic (exact) mass is 373 g/mol. The predicted octanol–water partition coefficient (Wildman–Crippen LogP) is 3.91. The summed E-state index contributed by atoms with van der Waals surface area (Å²) in [6.07, 6.45) is -2.09. The maximum Gasteiger partial charge on any atom is 0.458 e. The summed E-state index contributed by atoms with van der Waals surface area (Å²) >= 11 is 0. The number of benzene rings is 2. The van der Waals surface area contributed by atoms with E-state index in [0.717, 1.165) is 16.8 Å². The predicted molar refractivity (Wildman–Crippen MR) is 92.2 cm³/mol. The first-order valence-corrected chi connectivity index (χ1v) is 8.11. The van der Waals surface area contributed by atoms with E-state index in [-0.39, 0.29) is 5.71 Å². The van der Waals surface area contributed by atoms with Gasteiger partial charge in [-0.15, -0.1) is 0 Å². The summed E-state index contributed by atoms with van der Waals surface area (Å²) in [6.45, 7) is 0. The van der Waals surface area contributed by atoms with Gasteiger partial charge < -0.3 is 9.94 Å². The molecule has 1 unspecified atom stereocenters. The second kappa shape index (κ2) is 6.24. The molecule has 0 saturated heterocycles. The molecule has 2 aromatic carbocycles. The summed E-state index contributed by atoms with van der Waals surface area (Å²) in [5, 5.41) is 17.3. The minimum atomic E-state index is -4.91. The molecule has 0 saturated carbocycles. The number of oxime groups is 1. The van der Waals surface area contributed by atoms with Gasteiger partial charge in [0.25, 0.3) is 0 Å². The number of hydrogen-bond donors (Lipinski definition) is 1. The fourth-order valence-electron chi connectivity index (χ4n) is 2.78. The van der Waals surface area contributed by atoms with Gasteiger partial charge in [-0.2, -0.15) is 18.3 Å². The molecule has 1 N–H and O–H groups in total. The molecule has 1 aliphatic rings. The number of nitrogens with zero attached hydrogens (tertiary/aromatic N) is 3. The van der Waals surface area contributed by atoms with Gasteiger partial charge in [0.05, 0.1) is 24.0 Å². The van der Waals surface area contributed by atoms with E-state index in [4.69, 9.17) is 0 Å². The average molecular weight is 373 g/mol. The van der Waals surface area contributed by atoms with Gasteiger partial charge in [0.15, 0.2) is 0 Å². The third-order valence-electron chi connectivity index (χ3n) is 4.31. The van der Waals surface area contributed by atoms with Crippen molar-refractivity contribution < 1.29 is 23.1 Å². The van der Waals surface area contributed by atoms with Crippen LogP contribution in [-0.4, -0.2) is 32.6 Å². The van der Waals surface area contributed by atoms with Gasteiger partial charge in [0, 0.05) is 11.8 Å². The second-order valence-electron chi connectivity index (χ2n) is 6.17. The molecule has 4 rings (SSSR count). The Kier molecular flexibility index (Phi) is 4.00. The maximum atomic E-state index is 12.8. The van der Waals surface area contributed by atoms with E-state index in [9.17, 15) is 18.3 Å². The van der Waals surface area contributed by atoms with Crippen LogP contribution in [0.15, 0.2) is 72.1 Å². The molecular formula is C19H14F3N3O2. The van der Waals surface area contributed by atoms with E-state index in [2.05, 4.69) is 15.1 Å². The lowest BCUT2D eigenvalue weighted by Gasteiger charge is -2.22. The molecule has 0 amide bonds. The minimum Gasteiger partial charge on any atom is -0.350 e. The zero-order chi connectivity index (χ0) is 19.1. The van der Waals surface area contributed by atoms with Crippen LogP contribution in [0.3, 0.4) is 0 Å². The molecule has 1 atom stereocenters. The third-order valence-corrected chi connectivity index (χ3v) is 4.31. The Hall–Kier alpha value is -3.13. The molecule has 3 aromatic rings. The van der Waals surface area contributed by atoms with Crippen molar-refractivity contribution in [1.29, 1.82) is 0 Å². The molecule has 0 aliphatic carbocycles. The Bertz CT molecular complexity index is 981. The Balaban J connectivity index is 1.53. The van der Waals surface area contributed by atoms with E-state index < -0.39 is 18.4 Å². The molecular weight excluding hydrogens is 359 g/mol. The first-order chi connectivity index (χ1) is 12.9. The van der Waals surface area contributed by atoms with Crippen LogP contribution < -0.4 is 0 Å². The maximum absolute atomic E-state index is 12.8. The number of alkyl halides is 3. The van der Waals surface area contributed by atoms with Crippen LogP contribution in [0.1, 0.15) is 12.0 Å². The number of para-hydroxylation sites is 1. The Morgan fingerprint density at radius 2 is 1.63 bits per heavy atom. The average Bonchev–Trinajstić information content (AvgIpc) is 3.30. The number of halogens is 3. The SMILES string of the molecule is OC1(C(F)(F)F)CC(c2ccc(-c3cnn(-c4ccccc4)c3)cc2)=NO1. The first kappa shape index (κ1) is 17.3. The van der Waals surface area contributed by atoms with Crippen molar-refractivity contribution in [1.82, 2.24) is 9.78 Å². The molecule has 8 heteroatoms. The van der Waals surface area contributed by atoms with Crippen LogP contribution in [0.4, 0.5) is 13.2 Å². The zero-order valence-corrected chi connectivity index (χ0v) is 13.9. The second-order valence-corrected chi connectivity index (χ2v) is 6.17. The molecule has 1 aromatic heterocycles. The third kappa shape index (κ3) is 3.19. The highest BCUT2D eigenvalue weighted by molar-refractivity contribution is 6.01. The van der Waals surface area contributed by atoms with E-state index in [1.165, 1.54) is 0 Å². The van der Waals surface area contributed by atoms with E-state index in [1.807, 2.05) is 36.5 Å². The normalized spacial score (nSPS) is 19.6. The molecule has 27 heavy (non-hydrogen) atoms. The number of aromatic nitrogens is 2. The topological polar surface area (TPSA) is 59.6 Å². The van der Waals surface area contributed by atoms with E-state index in [0.29, 0.717) is 5.56 Å². The fraction of sp³-hybridized carbons (Fsp3) is 0.158. The van der Waals surface area contributed by atoms with Crippen molar-refractivity contribution in [3.63, 3.8) is 0 Å². The van der Waals surface area contributed by atoms with Crippen LogP contribution in [0.5, 0.6) is 0 Å².